The molecule has 4 nitrogen and oxygen atoms in total. The van der Waals surface area contributed by atoms with Gasteiger partial charge in [0, 0.05) is 6.54 Å². The number of nitrogen functional groups attached to an aromatic ring is 1. The monoisotopic (exact) mass is 126 g/mol. The number of hydrogen-bond donors (Lipinski definition) is 3. The van der Waals surface area contributed by atoms with Gasteiger partial charge in [-0.25, -0.2) is 4.98 Å². The average Bonchev–Trinajstić information content (AvgIpc) is 2.18. The third-order valence-corrected chi connectivity index (χ3v) is 1.02. The number of nitrogens with zero attached hydrogens (tertiary/aromatic N) is 1. The minimum Gasteiger partial charge on any atom is -0.381 e. The Morgan fingerprint density at radius 1 is 1.89 bits per heavy atom. The van der Waals surface area contributed by atoms with E-state index in [1.54, 1.807) is 6.33 Å². The number of nitrogens with one attached hydrogen (secondary N) is 2. The molecule has 4 N–H and O–H groups in total. The van der Waals surface area contributed by atoms with Crippen LogP contribution in [0.4, 0.5) is 11.6 Å². The average molecular weight is 126 g/mol. The van der Waals surface area contributed by atoms with Crippen molar-refractivity contribution in [1.29, 1.82) is 0 Å². The summed E-state index contributed by atoms with van der Waals surface area (Å²) in [6.45, 7) is 2.85. The summed E-state index contributed by atoms with van der Waals surface area (Å²) in [5.41, 5.74) is 5.42. The highest BCUT2D eigenvalue weighted by atomic mass is 15.1. The van der Waals surface area contributed by atoms with Crippen molar-refractivity contribution in [2.24, 2.45) is 0 Å². The third-order valence-electron chi connectivity index (χ3n) is 1.02. The second-order valence-electron chi connectivity index (χ2n) is 1.69. The molecule has 1 aromatic rings. The molecule has 1 heterocycles. The first-order chi connectivity index (χ1) is 4.34. The van der Waals surface area contributed by atoms with Gasteiger partial charge < -0.3 is 16.0 Å². The Balaban J connectivity index is 2.69. The number of nitrogens with two attached hydrogens (primary N) is 1. The summed E-state index contributed by atoms with van der Waals surface area (Å²) in [4.78, 5) is 6.65. The first kappa shape index (κ1) is 5.94. The van der Waals surface area contributed by atoms with E-state index < -0.39 is 0 Å². The Morgan fingerprint density at radius 3 is 3.11 bits per heavy atom. The van der Waals surface area contributed by atoms with Crippen LogP contribution in [0.2, 0.25) is 0 Å². The van der Waals surface area contributed by atoms with Gasteiger partial charge in [0.1, 0.15) is 5.82 Å². The first-order valence-electron chi connectivity index (χ1n) is 2.87. The van der Waals surface area contributed by atoms with Crippen molar-refractivity contribution in [1.82, 2.24) is 9.97 Å². The van der Waals surface area contributed by atoms with E-state index in [1.807, 2.05) is 6.92 Å². The van der Waals surface area contributed by atoms with Gasteiger partial charge in [-0.1, -0.05) is 0 Å². The fourth-order valence-corrected chi connectivity index (χ4v) is 0.623. The predicted octanol–water partition coefficient (Wildman–Crippen LogP) is 0.424. The minimum atomic E-state index is 0.525. The highest BCUT2D eigenvalue weighted by Crippen LogP contribution is 2.08. The summed E-state index contributed by atoms with van der Waals surface area (Å²) < 4.78 is 0. The molecule has 0 radical (unpaired) electrons. The van der Waals surface area contributed by atoms with E-state index in [4.69, 9.17) is 5.73 Å². The van der Waals surface area contributed by atoms with Crippen molar-refractivity contribution in [2.75, 3.05) is 17.6 Å². The third kappa shape index (κ3) is 1.13. The van der Waals surface area contributed by atoms with E-state index in [-0.39, 0.29) is 0 Å². The molecule has 0 fully saturated rings. The van der Waals surface area contributed by atoms with E-state index in [0.29, 0.717) is 5.82 Å². The SMILES string of the molecule is CCNc1[nH]cnc1N. The van der Waals surface area contributed by atoms with Crippen LogP contribution in [0.5, 0.6) is 0 Å². The largest absolute Gasteiger partial charge is 0.381 e. The molecule has 9 heavy (non-hydrogen) atoms. The Kier molecular flexibility index (Phi) is 1.58. The number of rotatable bonds is 2. The van der Waals surface area contributed by atoms with E-state index in [2.05, 4.69) is 15.3 Å². The summed E-state index contributed by atoms with van der Waals surface area (Å²) in [5.74, 6) is 1.33. The Morgan fingerprint density at radius 2 is 2.67 bits per heavy atom. The van der Waals surface area contributed by atoms with Gasteiger partial charge in [0.15, 0.2) is 5.82 Å². The van der Waals surface area contributed by atoms with Crippen LogP contribution in [-0.2, 0) is 0 Å². The van der Waals surface area contributed by atoms with Crippen LogP contribution in [0.25, 0.3) is 0 Å². The van der Waals surface area contributed by atoms with Crippen molar-refractivity contribution >= 4 is 11.6 Å². The van der Waals surface area contributed by atoms with Crippen molar-refractivity contribution in [3.63, 3.8) is 0 Å². The second kappa shape index (κ2) is 2.39. The van der Waals surface area contributed by atoms with Gasteiger partial charge in [-0.2, -0.15) is 0 Å². The molecule has 4 heteroatoms. The van der Waals surface area contributed by atoms with Crippen LogP contribution in [0, 0.1) is 0 Å². The van der Waals surface area contributed by atoms with Crippen LogP contribution in [0.15, 0.2) is 6.33 Å². The molecule has 1 aromatic heterocycles. The zero-order valence-corrected chi connectivity index (χ0v) is 5.31. The van der Waals surface area contributed by atoms with E-state index in [1.165, 1.54) is 0 Å². The molecule has 0 amide bonds. The van der Waals surface area contributed by atoms with Crippen LogP contribution < -0.4 is 11.1 Å². The summed E-state index contributed by atoms with van der Waals surface area (Å²) in [7, 11) is 0. The molecule has 0 saturated heterocycles. The summed E-state index contributed by atoms with van der Waals surface area (Å²) in [5, 5.41) is 3.01. The highest BCUT2D eigenvalue weighted by molar-refractivity contribution is 5.55. The van der Waals surface area contributed by atoms with Gasteiger partial charge in [-0.05, 0) is 6.92 Å². The smallest absolute Gasteiger partial charge is 0.166 e. The lowest BCUT2D eigenvalue weighted by molar-refractivity contribution is 1.18. The molecule has 0 unspecified atom stereocenters. The van der Waals surface area contributed by atoms with E-state index in [0.717, 1.165) is 12.4 Å². The lowest BCUT2D eigenvalue weighted by Crippen LogP contribution is -1.99. The Labute approximate surface area is 53.5 Å². The molecule has 0 saturated carbocycles. The fourth-order valence-electron chi connectivity index (χ4n) is 0.623. The summed E-state index contributed by atoms with van der Waals surface area (Å²) in [6.07, 6.45) is 1.56. The molecule has 50 valence electrons. The normalized spacial score (nSPS) is 9.44. The Bertz CT molecular complexity index is 181. The van der Waals surface area contributed by atoms with Crippen LogP contribution in [0.1, 0.15) is 6.92 Å². The Hall–Kier alpha value is -1.19. The topological polar surface area (TPSA) is 66.7 Å². The molecule has 0 aromatic carbocycles. The van der Waals surface area contributed by atoms with E-state index in [9.17, 15) is 0 Å². The van der Waals surface area contributed by atoms with E-state index >= 15 is 0 Å². The number of hydrogen-bond acceptors (Lipinski definition) is 3. The molecule has 0 aliphatic rings. The molecule has 0 bridgehead atoms. The molecule has 0 aliphatic carbocycles. The summed E-state index contributed by atoms with van der Waals surface area (Å²) >= 11 is 0. The van der Waals surface area contributed by atoms with Gasteiger partial charge in [0.25, 0.3) is 0 Å². The maximum Gasteiger partial charge on any atom is 0.166 e. The number of imidazole rings is 1. The number of H-pyrrole nitrogens is 1. The predicted molar refractivity (Wildman–Crippen MR) is 37.2 cm³/mol. The number of anilines is 2. The first-order valence-corrected chi connectivity index (χ1v) is 2.87. The van der Waals surface area contributed by atoms with Crippen molar-refractivity contribution < 1.29 is 0 Å². The van der Waals surface area contributed by atoms with Gasteiger partial charge in [0.2, 0.25) is 0 Å². The maximum absolute atomic E-state index is 5.42. The van der Waals surface area contributed by atoms with Gasteiger partial charge in [0.05, 0.1) is 6.33 Å². The molecule has 1 rings (SSSR count). The molecular weight excluding hydrogens is 116 g/mol. The molecule has 0 atom stereocenters. The standard InChI is InChI=1S/C5H10N4/c1-2-7-5-4(6)8-3-9-5/h3,7H,2,6H2,1H3,(H,8,9). The molecule has 0 spiro atoms. The van der Waals surface area contributed by atoms with Gasteiger partial charge in [-0.15, -0.1) is 0 Å². The van der Waals surface area contributed by atoms with Crippen LogP contribution in [-0.4, -0.2) is 16.5 Å². The maximum atomic E-state index is 5.42. The van der Waals surface area contributed by atoms with Gasteiger partial charge in [-0.3, -0.25) is 0 Å². The number of aromatic nitrogens is 2. The lowest BCUT2D eigenvalue weighted by atomic mass is 10.6. The lowest BCUT2D eigenvalue weighted by Gasteiger charge is -1.97. The van der Waals surface area contributed by atoms with Gasteiger partial charge >= 0.3 is 0 Å². The van der Waals surface area contributed by atoms with Crippen molar-refractivity contribution in [2.45, 2.75) is 6.92 Å². The molecular formula is C5H10N4. The zero-order chi connectivity index (χ0) is 6.69. The minimum absolute atomic E-state index is 0.525. The fraction of sp³-hybridized carbons (Fsp3) is 0.400. The second-order valence-corrected chi connectivity index (χ2v) is 1.69. The van der Waals surface area contributed by atoms with Crippen molar-refractivity contribution in [3.05, 3.63) is 6.33 Å². The number of aromatic amines is 1. The zero-order valence-electron chi connectivity index (χ0n) is 5.31. The highest BCUT2D eigenvalue weighted by Gasteiger charge is 1.95. The summed E-state index contributed by atoms with van der Waals surface area (Å²) in [6, 6.07) is 0. The molecule has 0 aliphatic heterocycles. The van der Waals surface area contributed by atoms with Crippen molar-refractivity contribution in [3.8, 4) is 0 Å². The quantitative estimate of drug-likeness (QED) is 0.538. The van der Waals surface area contributed by atoms with Crippen LogP contribution >= 0.6 is 0 Å². The van der Waals surface area contributed by atoms with Crippen LogP contribution in [0.3, 0.4) is 0 Å².